The lowest BCUT2D eigenvalue weighted by molar-refractivity contribution is -0.148. The normalized spacial score (nSPS) is 14.4. The number of rotatable bonds is 8. The average Bonchev–Trinajstić information content (AvgIpc) is 2.52. The molecule has 0 aliphatic heterocycles. The smallest absolute Gasteiger partial charge is 0.326 e. The van der Waals surface area contributed by atoms with Gasteiger partial charge in [-0.25, -0.2) is 4.79 Å². The molecule has 0 saturated carbocycles. The van der Waals surface area contributed by atoms with Crippen LogP contribution in [0.3, 0.4) is 0 Å². The molecule has 0 spiro atoms. The lowest BCUT2D eigenvalue weighted by Crippen LogP contribution is -2.47. The van der Waals surface area contributed by atoms with Gasteiger partial charge in [-0.05, 0) is 18.4 Å². The molecule has 0 fully saturated rings. The van der Waals surface area contributed by atoms with Crippen molar-refractivity contribution < 1.29 is 29.3 Å². The summed E-state index contributed by atoms with van der Waals surface area (Å²) in [5, 5.41) is 21.5. The number of esters is 1. The highest BCUT2D eigenvalue weighted by molar-refractivity contribution is 5.87. The van der Waals surface area contributed by atoms with Crippen LogP contribution in [0.25, 0.3) is 0 Å². The molecule has 126 valence electrons. The van der Waals surface area contributed by atoms with Crippen molar-refractivity contribution in [2.45, 2.75) is 32.4 Å². The van der Waals surface area contributed by atoms with Crippen molar-refractivity contribution in [3.63, 3.8) is 0 Å². The third-order valence-corrected chi connectivity index (χ3v) is 3.29. The molecule has 3 N–H and O–H groups in total. The van der Waals surface area contributed by atoms with Gasteiger partial charge in [0.1, 0.15) is 6.04 Å². The number of aliphatic hydroxyl groups is 1. The monoisotopic (exact) mass is 323 g/mol. The van der Waals surface area contributed by atoms with Gasteiger partial charge in [-0.1, -0.05) is 37.3 Å². The number of aliphatic hydroxyl groups excluding tert-OH is 1. The predicted molar refractivity (Wildman–Crippen MR) is 81.4 cm³/mol. The van der Waals surface area contributed by atoms with Crippen LogP contribution in [-0.4, -0.2) is 40.7 Å². The third kappa shape index (κ3) is 5.71. The highest BCUT2D eigenvalue weighted by Gasteiger charge is 2.30. The fourth-order valence-corrected chi connectivity index (χ4v) is 2.07. The van der Waals surface area contributed by atoms with Crippen LogP contribution in [0.2, 0.25) is 0 Å². The van der Waals surface area contributed by atoms with Crippen LogP contribution < -0.4 is 5.32 Å². The van der Waals surface area contributed by atoms with Gasteiger partial charge in [-0.3, -0.25) is 9.59 Å². The second-order valence-corrected chi connectivity index (χ2v) is 5.12. The van der Waals surface area contributed by atoms with E-state index in [9.17, 15) is 24.6 Å². The number of amides is 1. The standard InChI is InChI=1S/C16H21NO6/c1-3-23-12(18)9-10(2)13(16(21)22)17-15(20)14(19)11-7-5-4-6-8-11/h4-8,10,13-14,19H,3,9H2,1-2H3,(H,17,20)(H,21,22)/t10-,13-,14+/m1/s1. The average molecular weight is 323 g/mol. The van der Waals surface area contributed by atoms with E-state index in [1.165, 1.54) is 6.92 Å². The molecular weight excluding hydrogens is 302 g/mol. The lowest BCUT2D eigenvalue weighted by atomic mass is 9.97. The Kier molecular flexibility index (Phi) is 7.21. The Morgan fingerprint density at radius 2 is 1.83 bits per heavy atom. The van der Waals surface area contributed by atoms with Crippen LogP contribution in [0, 0.1) is 5.92 Å². The zero-order valence-corrected chi connectivity index (χ0v) is 13.1. The Labute approximate surface area is 134 Å². The largest absolute Gasteiger partial charge is 0.480 e. The third-order valence-electron chi connectivity index (χ3n) is 3.29. The summed E-state index contributed by atoms with van der Waals surface area (Å²) in [6.45, 7) is 3.36. The summed E-state index contributed by atoms with van der Waals surface area (Å²) < 4.78 is 4.77. The van der Waals surface area contributed by atoms with Gasteiger partial charge < -0.3 is 20.3 Å². The molecule has 7 nitrogen and oxygen atoms in total. The number of nitrogens with one attached hydrogen (secondary N) is 1. The van der Waals surface area contributed by atoms with E-state index in [0.717, 1.165) is 0 Å². The number of carboxylic acid groups (broad SMARTS) is 1. The number of ether oxygens (including phenoxy) is 1. The summed E-state index contributed by atoms with van der Waals surface area (Å²) in [6.07, 6.45) is -1.63. The molecular formula is C16H21NO6. The molecule has 0 bridgehead atoms. The van der Waals surface area contributed by atoms with E-state index in [1.807, 2.05) is 0 Å². The van der Waals surface area contributed by atoms with E-state index in [0.29, 0.717) is 5.56 Å². The Hall–Kier alpha value is -2.41. The van der Waals surface area contributed by atoms with E-state index in [2.05, 4.69) is 5.32 Å². The molecule has 0 aromatic heterocycles. The minimum atomic E-state index is -1.48. The van der Waals surface area contributed by atoms with E-state index in [4.69, 9.17) is 4.74 Å². The summed E-state index contributed by atoms with van der Waals surface area (Å²) in [6, 6.07) is 6.86. The van der Waals surface area contributed by atoms with Crippen molar-refractivity contribution in [2.75, 3.05) is 6.61 Å². The van der Waals surface area contributed by atoms with Crippen molar-refractivity contribution in [2.24, 2.45) is 5.92 Å². The first-order chi connectivity index (χ1) is 10.9. The van der Waals surface area contributed by atoms with Gasteiger partial charge >= 0.3 is 11.9 Å². The summed E-state index contributed by atoms with van der Waals surface area (Å²) in [5.74, 6) is -3.34. The van der Waals surface area contributed by atoms with Crippen LogP contribution in [0.15, 0.2) is 30.3 Å². The minimum absolute atomic E-state index is 0.146. The van der Waals surface area contributed by atoms with Gasteiger partial charge in [-0.15, -0.1) is 0 Å². The van der Waals surface area contributed by atoms with Crippen LogP contribution in [0.1, 0.15) is 31.9 Å². The molecule has 1 aromatic rings. The number of hydrogen-bond donors (Lipinski definition) is 3. The van der Waals surface area contributed by atoms with Crippen LogP contribution in [0.5, 0.6) is 0 Å². The first-order valence-electron chi connectivity index (χ1n) is 7.28. The molecule has 0 aliphatic carbocycles. The first-order valence-corrected chi connectivity index (χ1v) is 7.28. The number of benzene rings is 1. The summed E-state index contributed by atoms with van der Waals surface area (Å²) in [4.78, 5) is 34.8. The van der Waals surface area contributed by atoms with Crippen molar-refractivity contribution in [1.29, 1.82) is 0 Å². The summed E-state index contributed by atoms with van der Waals surface area (Å²) in [7, 11) is 0. The van der Waals surface area contributed by atoms with Gasteiger partial charge in [0.15, 0.2) is 6.10 Å². The Morgan fingerprint density at radius 3 is 2.35 bits per heavy atom. The maximum Gasteiger partial charge on any atom is 0.326 e. The van der Waals surface area contributed by atoms with Crippen molar-refractivity contribution >= 4 is 17.8 Å². The van der Waals surface area contributed by atoms with E-state index in [1.54, 1.807) is 37.3 Å². The van der Waals surface area contributed by atoms with Gasteiger partial charge in [0, 0.05) is 0 Å². The molecule has 1 amide bonds. The number of aliphatic carboxylic acids is 1. The van der Waals surface area contributed by atoms with Crippen molar-refractivity contribution in [3.8, 4) is 0 Å². The molecule has 0 radical (unpaired) electrons. The topological polar surface area (TPSA) is 113 Å². The first kappa shape index (κ1) is 18.6. The van der Waals surface area contributed by atoms with Gasteiger partial charge in [0.25, 0.3) is 5.91 Å². The lowest BCUT2D eigenvalue weighted by Gasteiger charge is -2.22. The Morgan fingerprint density at radius 1 is 1.22 bits per heavy atom. The number of carboxylic acids is 1. The minimum Gasteiger partial charge on any atom is -0.480 e. The van der Waals surface area contributed by atoms with E-state index >= 15 is 0 Å². The van der Waals surface area contributed by atoms with Gasteiger partial charge in [0.05, 0.1) is 13.0 Å². The summed E-state index contributed by atoms with van der Waals surface area (Å²) in [5.41, 5.74) is 0.354. The van der Waals surface area contributed by atoms with Crippen molar-refractivity contribution in [3.05, 3.63) is 35.9 Å². The quantitative estimate of drug-likeness (QED) is 0.612. The number of carbonyl (C=O) groups is 3. The molecule has 0 saturated heterocycles. The molecule has 1 rings (SSSR count). The maximum atomic E-state index is 12.0. The number of hydrogen-bond acceptors (Lipinski definition) is 5. The Balaban J connectivity index is 2.73. The molecule has 0 aliphatic rings. The van der Waals surface area contributed by atoms with Gasteiger partial charge in [0.2, 0.25) is 0 Å². The molecule has 0 heterocycles. The molecule has 1 aromatic carbocycles. The fourth-order valence-electron chi connectivity index (χ4n) is 2.07. The molecule has 7 heteroatoms. The zero-order chi connectivity index (χ0) is 17.4. The highest BCUT2D eigenvalue weighted by atomic mass is 16.5. The molecule has 0 unspecified atom stereocenters. The van der Waals surface area contributed by atoms with Crippen LogP contribution in [-0.2, 0) is 19.1 Å². The van der Waals surface area contributed by atoms with E-state index in [-0.39, 0.29) is 13.0 Å². The second-order valence-electron chi connectivity index (χ2n) is 5.12. The van der Waals surface area contributed by atoms with Crippen molar-refractivity contribution in [1.82, 2.24) is 5.32 Å². The second kappa shape index (κ2) is 8.89. The predicted octanol–water partition coefficient (Wildman–Crippen LogP) is 0.879. The zero-order valence-electron chi connectivity index (χ0n) is 13.1. The number of carbonyl (C=O) groups excluding carboxylic acids is 2. The fraction of sp³-hybridized carbons (Fsp3) is 0.438. The van der Waals surface area contributed by atoms with Crippen LogP contribution in [0.4, 0.5) is 0 Å². The maximum absolute atomic E-state index is 12.0. The summed E-state index contributed by atoms with van der Waals surface area (Å²) >= 11 is 0. The van der Waals surface area contributed by atoms with Crippen LogP contribution >= 0.6 is 0 Å². The molecule has 3 atom stereocenters. The SMILES string of the molecule is CCOC(=O)C[C@@H](C)[C@@H](NC(=O)[C@@H](O)c1ccccc1)C(=O)O. The molecule has 23 heavy (non-hydrogen) atoms. The highest BCUT2D eigenvalue weighted by Crippen LogP contribution is 2.15. The van der Waals surface area contributed by atoms with E-state index < -0.39 is 35.9 Å². The van der Waals surface area contributed by atoms with Gasteiger partial charge in [-0.2, -0.15) is 0 Å². The Bertz CT molecular complexity index is 545.